The molecule has 2 aliphatic heterocycles. The van der Waals surface area contributed by atoms with Gasteiger partial charge in [-0.25, -0.2) is 4.98 Å². The molecule has 0 spiro atoms. The van der Waals surface area contributed by atoms with E-state index in [0.29, 0.717) is 43.0 Å². The van der Waals surface area contributed by atoms with Crippen LogP contribution in [0.4, 0.5) is 11.8 Å². The van der Waals surface area contributed by atoms with Gasteiger partial charge in [-0.3, -0.25) is 0 Å². The predicted octanol–water partition coefficient (Wildman–Crippen LogP) is -0.508. The zero-order valence-corrected chi connectivity index (χ0v) is 9.88. The van der Waals surface area contributed by atoms with Crippen LogP contribution in [0.5, 0.6) is 0 Å². The number of aliphatic hydroxyl groups excluding tert-OH is 2. The highest BCUT2D eigenvalue weighted by atomic mass is 35.5. The Morgan fingerprint density at radius 3 is 2.29 bits per heavy atom. The van der Waals surface area contributed by atoms with Crippen LogP contribution in [0.15, 0.2) is 6.20 Å². The van der Waals surface area contributed by atoms with E-state index in [2.05, 4.69) is 9.97 Å². The third kappa shape index (κ3) is 1.92. The van der Waals surface area contributed by atoms with Crippen LogP contribution in [-0.2, 0) is 0 Å². The second kappa shape index (κ2) is 3.97. The van der Waals surface area contributed by atoms with Gasteiger partial charge in [0.15, 0.2) is 5.82 Å². The third-order valence-corrected chi connectivity index (χ3v) is 3.29. The first-order valence-corrected chi connectivity index (χ1v) is 5.90. The first kappa shape index (κ1) is 11.0. The molecule has 1 aromatic heterocycles. The SMILES string of the molecule is OC1CN(c2ncc(Cl)c(N3CC(O)C3)n2)C1. The van der Waals surface area contributed by atoms with Gasteiger partial charge in [-0.1, -0.05) is 11.6 Å². The van der Waals surface area contributed by atoms with E-state index in [9.17, 15) is 10.2 Å². The minimum atomic E-state index is -0.296. The van der Waals surface area contributed by atoms with E-state index in [1.165, 1.54) is 0 Å². The molecule has 2 fully saturated rings. The lowest BCUT2D eigenvalue weighted by atomic mass is 10.2. The monoisotopic (exact) mass is 256 g/mol. The summed E-state index contributed by atoms with van der Waals surface area (Å²) in [6, 6.07) is 0. The van der Waals surface area contributed by atoms with Gasteiger partial charge >= 0.3 is 0 Å². The summed E-state index contributed by atoms with van der Waals surface area (Å²) in [6.07, 6.45) is 0.980. The number of halogens is 1. The van der Waals surface area contributed by atoms with E-state index < -0.39 is 0 Å². The second-order valence-corrected chi connectivity index (χ2v) is 4.87. The van der Waals surface area contributed by atoms with Crippen LogP contribution in [0.2, 0.25) is 5.02 Å². The van der Waals surface area contributed by atoms with Crippen LogP contribution in [0.3, 0.4) is 0 Å². The fraction of sp³-hybridized carbons (Fsp3) is 0.600. The van der Waals surface area contributed by atoms with Crippen LogP contribution in [0.25, 0.3) is 0 Å². The summed E-state index contributed by atoms with van der Waals surface area (Å²) in [5, 5.41) is 19.0. The molecule has 2 N–H and O–H groups in total. The van der Waals surface area contributed by atoms with Gasteiger partial charge in [0.25, 0.3) is 0 Å². The van der Waals surface area contributed by atoms with Crippen molar-refractivity contribution in [3.8, 4) is 0 Å². The number of nitrogens with zero attached hydrogens (tertiary/aromatic N) is 4. The maximum atomic E-state index is 9.27. The fourth-order valence-electron chi connectivity index (χ4n) is 1.97. The molecular formula is C10H13ClN4O2. The van der Waals surface area contributed by atoms with Crippen LogP contribution < -0.4 is 9.80 Å². The van der Waals surface area contributed by atoms with E-state index in [0.717, 1.165) is 0 Å². The first-order valence-electron chi connectivity index (χ1n) is 5.52. The van der Waals surface area contributed by atoms with Gasteiger partial charge in [-0.15, -0.1) is 0 Å². The highest BCUT2D eigenvalue weighted by Crippen LogP contribution is 2.29. The normalized spacial score (nSPS) is 21.4. The Kier molecular flexibility index (Phi) is 2.57. The Balaban J connectivity index is 1.80. The molecule has 2 saturated heterocycles. The Hall–Kier alpha value is -1.11. The molecule has 0 radical (unpaired) electrons. The number of aromatic nitrogens is 2. The van der Waals surface area contributed by atoms with Gasteiger partial charge in [0.1, 0.15) is 5.02 Å². The van der Waals surface area contributed by atoms with Crippen molar-refractivity contribution in [1.82, 2.24) is 9.97 Å². The zero-order valence-electron chi connectivity index (χ0n) is 9.12. The van der Waals surface area contributed by atoms with Crippen LogP contribution >= 0.6 is 11.6 Å². The molecule has 92 valence electrons. The van der Waals surface area contributed by atoms with E-state index in [1.54, 1.807) is 6.20 Å². The molecule has 0 aromatic carbocycles. The van der Waals surface area contributed by atoms with E-state index in [-0.39, 0.29) is 12.2 Å². The number of hydrogen-bond donors (Lipinski definition) is 2. The average Bonchev–Trinajstić information content (AvgIpc) is 2.22. The molecule has 0 amide bonds. The lowest BCUT2D eigenvalue weighted by Crippen LogP contribution is -2.53. The number of hydrogen-bond acceptors (Lipinski definition) is 6. The van der Waals surface area contributed by atoms with Crippen molar-refractivity contribution in [2.24, 2.45) is 0 Å². The molecule has 2 aliphatic rings. The molecule has 0 aliphatic carbocycles. The van der Waals surface area contributed by atoms with Crippen molar-refractivity contribution in [3.05, 3.63) is 11.2 Å². The number of β-amino-alcohol motifs (C(OH)–C–C–N with tert-alkyl or cyclic N) is 2. The molecule has 0 bridgehead atoms. The third-order valence-electron chi connectivity index (χ3n) is 3.02. The Morgan fingerprint density at radius 2 is 1.71 bits per heavy atom. The van der Waals surface area contributed by atoms with Gasteiger partial charge in [0.05, 0.1) is 18.4 Å². The molecule has 0 saturated carbocycles. The van der Waals surface area contributed by atoms with Crippen molar-refractivity contribution < 1.29 is 10.2 Å². The standard InChI is InChI=1S/C10H13ClN4O2/c11-8-1-12-10(15-4-7(17)5-15)13-9(8)14-2-6(16)3-14/h1,6-7,16-17H,2-5H2. The molecule has 3 heterocycles. The molecule has 7 heteroatoms. The average molecular weight is 257 g/mol. The minimum absolute atomic E-state index is 0.288. The number of anilines is 2. The molecule has 0 atom stereocenters. The number of rotatable bonds is 2. The molecule has 3 rings (SSSR count). The van der Waals surface area contributed by atoms with Gasteiger partial charge in [-0.05, 0) is 0 Å². The Morgan fingerprint density at radius 1 is 1.12 bits per heavy atom. The predicted molar refractivity (Wildman–Crippen MR) is 63.5 cm³/mol. The van der Waals surface area contributed by atoms with Gasteiger partial charge in [-0.2, -0.15) is 4.98 Å². The summed E-state index contributed by atoms with van der Waals surface area (Å²) in [7, 11) is 0. The molecular weight excluding hydrogens is 244 g/mol. The van der Waals surface area contributed by atoms with Gasteiger partial charge in [0, 0.05) is 26.2 Å². The second-order valence-electron chi connectivity index (χ2n) is 4.46. The molecule has 0 unspecified atom stereocenters. The molecule has 6 nitrogen and oxygen atoms in total. The quantitative estimate of drug-likeness (QED) is 0.743. The van der Waals surface area contributed by atoms with E-state index in [4.69, 9.17) is 11.6 Å². The summed E-state index contributed by atoms with van der Waals surface area (Å²) >= 11 is 6.03. The lowest BCUT2D eigenvalue weighted by molar-refractivity contribution is 0.139. The van der Waals surface area contributed by atoms with Crippen molar-refractivity contribution in [1.29, 1.82) is 0 Å². The van der Waals surface area contributed by atoms with Crippen LogP contribution in [0.1, 0.15) is 0 Å². The van der Waals surface area contributed by atoms with E-state index in [1.807, 2.05) is 9.80 Å². The van der Waals surface area contributed by atoms with E-state index >= 15 is 0 Å². The highest BCUT2D eigenvalue weighted by molar-refractivity contribution is 6.32. The van der Waals surface area contributed by atoms with Crippen molar-refractivity contribution in [3.63, 3.8) is 0 Å². The number of aliphatic hydroxyl groups is 2. The first-order chi connectivity index (χ1) is 8.13. The molecule has 1 aromatic rings. The minimum Gasteiger partial charge on any atom is -0.389 e. The summed E-state index contributed by atoms with van der Waals surface area (Å²) < 4.78 is 0. The smallest absolute Gasteiger partial charge is 0.227 e. The largest absolute Gasteiger partial charge is 0.389 e. The van der Waals surface area contributed by atoms with Crippen molar-refractivity contribution in [2.45, 2.75) is 12.2 Å². The molecule has 17 heavy (non-hydrogen) atoms. The Labute approximate surface area is 103 Å². The van der Waals surface area contributed by atoms with Gasteiger partial charge in [0.2, 0.25) is 5.95 Å². The lowest BCUT2D eigenvalue weighted by Gasteiger charge is -2.39. The van der Waals surface area contributed by atoms with Crippen LogP contribution in [0, 0.1) is 0 Å². The topological polar surface area (TPSA) is 72.7 Å². The maximum Gasteiger partial charge on any atom is 0.227 e. The summed E-state index contributed by atoms with van der Waals surface area (Å²) in [6.45, 7) is 2.23. The van der Waals surface area contributed by atoms with Crippen molar-refractivity contribution >= 4 is 23.4 Å². The maximum absolute atomic E-state index is 9.27. The zero-order chi connectivity index (χ0) is 12.0. The highest BCUT2D eigenvalue weighted by Gasteiger charge is 2.30. The summed E-state index contributed by atoms with van der Waals surface area (Å²) in [5.41, 5.74) is 0. The Bertz CT molecular complexity index is 432. The van der Waals surface area contributed by atoms with Crippen molar-refractivity contribution in [2.75, 3.05) is 36.0 Å². The summed E-state index contributed by atoms with van der Waals surface area (Å²) in [5.74, 6) is 1.24. The summed E-state index contributed by atoms with van der Waals surface area (Å²) in [4.78, 5) is 12.3. The fourth-order valence-corrected chi connectivity index (χ4v) is 2.18. The van der Waals surface area contributed by atoms with Crippen LogP contribution in [-0.4, -0.2) is 58.6 Å². The van der Waals surface area contributed by atoms with Gasteiger partial charge < -0.3 is 20.0 Å².